The van der Waals surface area contributed by atoms with E-state index in [1.54, 1.807) is 12.1 Å². The van der Waals surface area contributed by atoms with Crippen molar-refractivity contribution in [1.29, 1.82) is 0 Å². The van der Waals surface area contributed by atoms with Gasteiger partial charge in [0, 0.05) is 32.7 Å². The van der Waals surface area contributed by atoms with E-state index in [9.17, 15) is 8.42 Å². The Kier molecular flexibility index (Phi) is 5.19. The van der Waals surface area contributed by atoms with E-state index in [4.69, 9.17) is 0 Å². The number of rotatable bonds is 5. The first kappa shape index (κ1) is 17.6. The van der Waals surface area contributed by atoms with E-state index in [-0.39, 0.29) is 0 Å². The summed E-state index contributed by atoms with van der Waals surface area (Å²) in [5.41, 5.74) is 1.04. The summed E-state index contributed by atoms with van der Waals surface area (Å²) < 4.78 is 27.0. The lowest BCUT2D eigenvalue weighted by molar-refractivity contribution is 0.383. The Bertz CT molecular complexity index is 798. The molecule has 2 heterocycles. The van der Waals surface area contributed by atoms with Crippen LogP contribution in [0.1, 0.15) is 12.5 Å². The highest BCUT2D eigenvalue weighted by atomic mass is 32.2. The molecule has 1 aliphatic heterocycles. The number of benzene rings is 1. The minimum Gasteiger partial charge on any atom is -0.369 e. The largest absolute Gasteiger partial charge is 0.369 e. The SMILES string of the molecule is CCNc1ccc(N2CCN(S(=O)(=O)c3ccc(C)cc3)CC2)nn1. The molecule has 3 rings (SSSR count). The number of aromatic nitrogens is 2. The average Bonchev–Trinajstić information content (AvgIpc) is 2.63. The second-order valence-electron chi connectivity index (χ2n) is 6.01. The van der Waals surface area contributed by atoms with Crippen LogP contribution in [0.25, 0.3) is 0 Å². The first-order valence-electron chi connectivity index (χ1n) is 8.40. The number of nitrogens with one attached hydrogen (secondary N) is 1. The molecule has 0 bridgehead atoms. The van der Waals surface area contributed by atoms with E-state index in [1.165, 1.54) is 4.31 Å². The van der Waals surface area contributed by atoms with Crippen LogP contribution in [0, 0.1) is 6.92 Å². The monoisotopic (exact) mass is 361 g/mol. The molecule has 0 spiro atoms. The maximum Gasteiger partial charge on any atom is 0.243 e. The Morgan fingerprint density at radius 2 is 1.68 bits per heavy atom. The summed E-state index contributed by atoms with van der Waals surface area (Å²) in [6.45, 7) is 6.81. The van der Waals surface area contributed by atoms with Crippen molar-refractivity contribution >= 4 is 21.7 Å². The molecule has 0 unspecified atom stereocenters. The zero-order valence-corrected chi connectivity index (χ0v) is 15.3. The summed E-state index contributed by atoms with van der Waals surface area (Å²) in [5.74, 6) is 1.51. The highest BCUT2D eigenvalue weighted by molar-refractivity contribution is 7.89. The molecule has 1 aliphatic rings. The zero-order valence-electron chi connectivity index (χ0n) is 14.5. The third kappa shape index (κ3) is 3.91. The van der Waals surface area contributed by atoms with Gasteiger partial charge in [-0.25, -0.2) is 8.42 Å². The van der Waals surface area contributed by atoms with Crippen molar-refractivity contribution in [3.05, 3.63) is 42.0 Å². The Hall–Kier alpha value is -2.19. The first-order chi connectivity index (χ1) is 12.0. The maximum atomic E-state index is 12.7. The molecule has 1 fully saturated rings. The van der Waals surface area contributed by atoms with Crippen LogP contribution in [0.4, 0.5) is 11.6 Å². The van der Waals surface area contributed by atoms with Crippen LogP contribution >= 0.6 is 0 Å². The number of anilines is 2. The number of hydrogen-bond acceptors (Lipinski definition) is 6. The molecule has 2 aromatic rings. The third-order valence-corrected chi connectivity index (χ3v) is 6.14. The molecular weight excluding hydrogens is 338 g/mol. The van der Waals surface area contributed by atoms with Crippen LogP contribution in [0.3, 0.4) is 0 Å². The topological polar surface area (TPSA) is 78.4 Å². The fourth-order valence-electron chi connectivity index (χ4n) is 2.79. The van der Waals surface area contributed by atoms with E-state index in [2.05, 4.69) is 20.4 Å². The van der Waals surface area contributed by atoms with Crippen molar-refractivity contribution < 1.29 is 8.42 Å². The smallest absolute Gasteiger partial charge is 0.243 e. The van der Waals surface area contributed by atoms with Gasteiger partial charge in [-0.3, -0.25) is 0 Å². The van der Waals surface area contributed by atoms with Crippen LogP contribution in [-0.2, 0) is 10.0 Å². The summed E-state index contributed by atoms with van der Waals surface area (Å²) >= 11 is 0. The predicted molar refractivity (Wildman–Crippen MR) is 98.3 cm³/mol. The van der Waals surface area contributed by atoms with E-state index in [1.807, 2.05) is 38.1 Å². The first-order valence-corrected chi connectivity index (χ1v) is 9.84. The van der Waals surface area contributed by atoms with Crippen molar-refractivity contribution in [2.45, 2.75) is 18.7 Å². The quantitative estimate of drug-likeness (QED) is 0.874. The molecule has 134 valence electrons. The Morgan fingerprint density at radius 3 is 2.24 bits per heavy atom. The Morgan fingerprint density at radius 1 is 1.00 bits per heavy atom. The molecule has 7 nitrogen and oxygen atoms in total. The van der Waals surface area contributed by atoms with Crippen molar-refractivity contribution in [2.24, 2.45) is 0 Å². The summed E-state index contributed by atoms with van der Waals surface area (Å²) in [5, 5.41) is 11.5. The van der Waals surface area contributed by atoms with Gasteiger partial charge in [0.1, 0.15) is 5.82 Å². The standard InChI is InChI=1S/C17H23N5O2S/c1-3-18-16-8-9-17(20-19-16)21-10-12-22(13-11-21)25(23,24)15-6-4-14(2)5-7-15/h4-9H,3,10-13H2,1-2H3,(H,18,19). The van der Waals surface area contributed by atoms with Gasteiger partial charge in [0.2, 0.25) is 10.0 Å². The van der Waals surface area contributed by atoms with Crippen LogP contribution < -0.4 is 10.2 Å². The van der Waals surface area contributed by atoms with Crippen LogP contribution in [0.5, 0.6) is 0 Å². The maximum absolute atomic E-state index is 12.7. The highest BCUT2D eigenvalue weighted by Crippen LogP contribution is 2.20. The second kappa shape index (κ2) is 7.37. The molecule has 0 radical (unpaired) electrons. The van der Waals surface area contributed by atoms with Crippen LogP contribution in [0.2, 0.25) is 0 Å². The third-order valence-electron chi connectivity index (χ3n) is 4.23. The van der Waals surface area contributed by atoms with Crippen molar-refractivity contribution in [1.82, 2.24) is 14.5 Å². The van der Waals surface area contributed by atoms with Crippen LogP contribution in [-0.4, -0.2) is 55.6 Å². The van der Waals surface area contributed by atoms with Gasteiger partial charge in [0.25, 0.3) is 0 Å². The number of hydrogen-bond donors (Lipinski definition) is 1. The van der Waals surface area contributed by atoms with Gasteiger partial charge in [-0.1, -0.05) is 17.7 Å². The minimum atomic E-state index is -3.44. The van der Waals surface area contributed by atoms with Gasteiger partial charge in [-0.05, 0) is 38.1 Å². The van der Waals surface area contributed by atoms with E-state index >= 15 is 0 Å². The van der Waals surface area contributed by atoms with Gasteiger partial charge in [-0.2, -0.15) is 4.31 Å². The lowest BCUT2D eigenvalue weighted by atomic mass is 10.2. The molecule has 0 atom stereocenters. The lowest BCUT2D eigenvalue weighted by Crippen LogP contribution is -2.49. The van der Waals surface area contributed by atoms with Crippen molar-refractivity contribution in [3.63, 3.8) is 0 Å². The van der Waals surface area contributed by atoms with Gasteiger partial charge in [-0.15, -0.1) is 10.2 Å². The Labute approximate surface area is 148 Å². The minimum absolute atomic E-state index is 0.348. The van der Waals surface area contributed by atoms with E-state index in [0.29, 0.717) is 31.1 Å². The Balaban J connectivity index is 1.65. The summed E-state index contributed by atoms with van der Waals surface area (Å²) in [4.78, 5) is 2.41. The summed E-state index contributed by atoms with van der Waals surface area (Å²) in [6.07, 6.45) is 0. The molecule has 1 N–H and O–H groups in total. The van der Waals surface area contributed by atoms with Gasteiger partial charge < -0.3 is 10.2 Å². The van der Waals surface area contributed by atoms with Crippen molar-refractivity contribution in [3.8, 4) is 0 Å². The van der Waals surface area contributed by atoms with E-state index in [0.717, 1.165) is 23.7 Å². The molecule has 8 heteroatoms. The number of nitrogens with zero attached hydrogens (tertiary/aromatic N) is 4. The molecule has 1 aromatic heterocycles. The highest BCUT2D eigenvalue weighted by Gasteiger charge is 2.28. The van der Waals surface area contributed by atoms with Gasteiger partial charge >= 0.3 is 0 Å². The second-order valence-corrected chi connectivity index (χ2v) is 7.95. The lowest BCUT2D eigenvalue weighted by Gasteiger charge is -2.34. The summed E-state index contributed by atoms with van der Waals surface area (Å²) in [7, 11) is -3.44. The van der Waals surface area contributed by atoms with Gasteiger partial charge in [0.15, 0.2) is 5.82 Å². The molecule has 25 heavy (non-hydrogen) atoms. The van der Waals surface area contributed by atoms with E-state index < -0.39 is 10.0 Å². The fourth-order valence-corrected chi connectivity index (χ4v) is 4.21. The average molecular weight is 361 g/mol. The van der Waals surface area contributed by atoms with Crippen LogP contribution in [0.15, 0.2) is 41.3 Å². The molecule has 0 saturated carbocycles. The zero-order chi connectivity index (χ0) is 17.9. The molecule has 0 aliphatic carbocycles. The molecule has 0 amide bonds. The molecule has 1 aromatic carbocycles. The molecule has 1 saturated heterocycles. The fraction of sp³-hybridized carbons (Fsp3) is 0.412. The number of sulfonamides is 1. The summed E-state index contributed by atoms with van der Waals surface area (Å²) in [6, 6.07) is 10.8. The van der Waals surface area contributed by atoms with Crippen molar-refractivity contribution in [2.75, 3.05) is 42.9 Å². The number of aryl methyl sites for hydroxylation is 1. The predicted octanol–water partition coefficient (Wildman–Crippen LogP) is 1.73. The normalized spacial score (nSPS) is 16.0. The number of piperazine rings is 1. The van der Waals surface area contributed by atoms with Gasteiger partial charge in [0.05, 0.1) is 4.90 Å². The molecular formula is C17H23N5O2S.